The maximum Gasteiger partial charge on any atom is 0.232 e. The predicted octanol–water partition coefficient (Wildman–Crippen LogP) is 5.81. The zero-order valence-corrected chi connectivity index (χ0v) is 28.4. The van der Waals surface area contributed by atoms with Gasteiger partial charge in [0.25, 0.3) is 0 Å². The van der Waals surface area contributed by atoms with Crippen LogP contribution in [0.2, 0.25) is 0 Å². The van der Waals surface area contributed by atoms with E-state index in [-0.39, 0.29) is 23.2 Å². The average molecular weight is 625 g/mol. The lowest BCUT2D eigenvalue weighted by molar-refractivity contribution is 0.00919. The third kappa shape index (κ3) is 8.17. The third-order valence-corrected chi connectivity index (χ3v) is 11.2. The highest BCUT2D eigenvalue weighted by Crippen LogP contribution is 2.41. The Hall–Kier alpha value is -1.69. The van der Waals surface area contributed by atoms with E-state index < -0.39 is 0 Å². The lowest BCUT2D eigenvalue weighted by atomic mass is 9.89. The number of piperidine rings is 2. The van der Waals surface area contributed by atoms with Crippen molar-refractivity contribution >= 4 is 11.9 Å². The van der Waals surface area contributed by atoms with Crippen LogP contribution in [-0.2, 0) is 0 Å². The van der Waals surface area contributed by atoms with Gasteiger partial charge in [0.15, 0.2) is 0 Å². The second-order valence-corrected chi connectivity index (χ2v) is 16.5. The summed E-state index contributed by atoms with van der Waals surface area (Å²) in [6.07, 6.45) is 15.2. The zero-order chi connectivity index (χ0) is 30.7. The standard InChI is InChI=1S/C34H56N8OS/c1-33(2,3)17-20-43-30-16-19-42(40-30)29-15-13-25-22-36-44-31-11-8-10-28(38-31)37-27(26-9-6-7-18-35-26)14-12-24-21-34(4,5)41(23-24)32(25)39-29/h6-7,9,16,18-19,24-25,27-29,31-32,36-39H,8,10-15,17,20-23H2,1-5H3/t24-,25?,27+,28?,29?,31?,32?/m0/s1. The van der Waals surface area contributed by atoms with E-state index in [1.54, 1.807) is 0 Å². The summed E-state index contributed by atoms with van der Waals surface area (Å²) in [5.74, 6) is 1.92. The third-order valence-electron chi connectivity index (χ3n) is 10.2. The maximum atomic E-state index is 6.04. The number of hydrogen-bond donors (Lipinski definition) is 4. The molecule has 0 spiro atoms. The van der Waals surface area contributed by atoms with Gasteiger partial charge in [-0.2, -0.15) is 0 Å². The van der Waals surface area contributed by atoms with E-state index in [0.717, 1.165) is 51.1 Å². The number of fused-ring (bicyclic) bond motifs is 6. The molecule has 9 nitrogen and oxygen atoms in total. The molecule has 10 heteroatoms. The molecule has 0 saturated carbocycles. The van der Waals surface area contributed by atoms with Crippen LogP contribution in [0.4, 0.5) is 0 Å². The van der Waals surface area contributed by atoms with Crippen molar-refractivity contribution in [1.29, 1.82) is 0 Å². The summed E-state index contributed by atoms with van der Waals surface area (Å²) < 4.78 is 12.0. The molecular weight excluding hydrogens is 568 g/mol. The zero-order valence-electron chi connectivity index (χ0n) is 27.6. The topological polar surface area (TPSA) is 91.3 Å². The van der Waals surface area contributed by atoms with Crippen LogP contribution in [0.3, 0.4) is 0 Å². The molecule has 0 aromatic carbocycles. The second kappa shape index (κ2) is 14.0. The normalized spacial score (nSPS) is 34.8. The second-order valence-electron chi connectivity index (χ2n) is 15.4. The van der Waals surface area contributed by atoms with Crippen LogP contribution in [-0.4, -0.2) is 62.6 Å². The van der Waals surface area contributed by atoms with Gasteiger partial charge >= 0.3 is 0 Å². The van der Waals surface area contributed by atoms with Crippen LogP contribution >= 0.6 is 11.9 Å². The fraction of sp³-hybridized carbons (Fsp3) is 0.765. The summed E-state index contributed by atoms with van der Waals surface area (Å²) >= 11 is 1.89. The van der Waals surface area contributed by atoms with Crippen LogP contribution < -0.4 is 25.4 Å². The van der Waals surface area contributed by atoms with Crippen LogP contribution in [0.1, 0.15) is 110 Å². The summed E-state index contributed by atoms with van der Waals surface area (Å²) in [6.45, 7) is 14.5. The molecule has 4 aliphatic rings. The molecule has 44 heavy (non-hydrogen) atoms. The van der Waals surface area contributed by atoms with Gasteiger partial charge in [0.2, 0.25) is 5.88 Å². The number of nitrogens with zero attached hydrogens (tertiary/aromatic N) is 4. The number of rotatable bonds is 5. The van der Waals surface area contributed by atoms with Crippen molar-refractivity contribution in [2.45, 2.75) is 128 Å². The minimum Gasteiger partial charge on any atom is -0.477 e. The molecule has 6 heterocycles. The molecule has 6 rings (SSSR count). The first-order chi connectivity index (χ1) is 21.1. The molecule has 0 radical (unpaired) electrons. The van der Waals surface area contributed by atoms with Gasteiger partial charge in [0, 0.05) is 43.0 Å². The molecule has 6 unspecified atom stereocenters. The van der Waals surface area contributed by atoms with E-state index in [1.165, 1.54) is 31.4 Å². The highest BCUT2D eigenvalue weighted by molar-refractivity contribution is 7.98. The van der Waals surface area contributed by atoms with Crippen molar-refractivity contribution in [3.05, 3.63) is 42.4 Å². The van der Waals surface area contributed by atoms with E-state index in [4.69, 9.17) is 14.8 Å². The Kier molecular flexibility index (Phi) is 10.2. The summed E-state index contributed by atoms with van der Waals surface area (Å²) in [5.41, 5.74) is 1.55. The van der Waals surface area contributed by atoms with Crippen molar-refractivity contribution in [2.24, 2.45) is 17.3 Å². The number of aromatic nitrogens is 3. The summed E-state index contributed by atoms with van der Waals surface area (Å²) in [4.78, 5) is 7.59. The van der Waals surface area contributed by atoms with Gasteiger partial charge in [0.05, 0.1) is 36.0 Å². The molecule has 8 atom stereocenters. The molecule has 4 saturated heterocycles. The van der Waals surface area contributed by atoms with Gasteiger partial charge in [-0.05, 0) is 95.1 Å². The SMILES string of the molecule is CC(C)(C)CCOc1ccn(C2CCC3CNSC4CCCC(N4)N[C@@H](c4ccccn4)CC[C@@H]4CN(C3N2)C(C)(C)C4)n1. The largest absolute Gasteiger partial charge is 0.477 e. The van der Waals surface area contributed by atoms with Crippen LogP contribution in [0, 0.1) is 17.3 Å². The molecule has 244 valence electrons. The Morgan fingerprint density at radius 1 is 1.02 bits per heavy atom. The molecule has 2 aromatic rings. The number of ether oxygens (including phenoxy) is 1. The first-order valence-corrected chi connectivity index (χ1v) is 18.0. The molecule has 2 aromatic heterocycles. The minimum atomic E-state index is 0.129. The molecule has 4 bridgehead atoms. The monoisotopic (exact) mass is 624 g/mol. The molecule has 0 aliphatic carbocycles. The average Bonchev–Trinajstić information content (AvgIpc) is 3.58. The van der Waals surface area contributed by atoms with E-state index >= 15 is 0 Å². The van der Waals surface area contributed by atoms with Gasteiger partial charge in [-0.1, -0.05) is 38.8 Å². The Bertz CT molecular complexity index is 1190. The van der Waals surface area contributed by atoms with Gasteiger partial charge in [-0.3, -0.25) is 35.2 Å². The molecule has 4 aliphatic heterocycles. The summed E-state index contributed by atoms with van der Waals surface area (Å²) in [6, 6.07) is 8.63. The number of nitrogens with one attached hydrogen (secondary N) is 4. The van der Waals surface area contributed by atoms with Crippen molar-refractivity contribution in [2.75, 3.05) is 19.7 Å². The fourth-order valence-electron chi connectivity index (χ4n) is 7.77. The lowest BCUT2D eigenvalue weighted by Crippen LogP contribution is -2.60. The number of pyridine rings is 1. The van der Waals surface area contributed by atoms with E-state index in [2.05, 4.69) is 83.2 Å². The van der Waals surface area contributed by atoms with Crippen molar-refractivity contribution in [3.8, 4) is 5.88 Å². The van der Waals surface area contributed by atoms with Crippen molar-refractivity contribution < 1.29 is 4.74 Å². The van der Waals surface area contributed by atoms with E-state index in [0.29, 0.717) is 36.1 Å². The molecule has 4 fully saturated rings. The van der Waals surface area contributed by atoms with Gasteiger partial charge < -0.3 is 4.74 Å². The highest BCUT2D eigenvalue weighted by atomic mass is 32.2. The predicted molar refractivity (Wildman–Crippen MR) is 179 cm³/mol. The first kappa shape index (κ1) is 32.3. The van der Waals surface area contributed by atoms with E-state index in [1.807, 2.05) is 30.3 Å². The van der Waals surface area contributed by atoms with Crippen LogP contribution in [0.5, 0.6) is 5.88 Å². The van der Waals surface area contributed by atoms with Gasteiger partial charge in [0.1, 0.15) is 6.17 Å². The Morgan fingerprint density at radius 3 is 2.73 bits per heavy atom. The van der Waals surface area contributed by atoms with Crippen LogP contribution in [0.15, 0.2) is 36.7 Å². The maximum absolute atomic E-state index is 6.04. The molecule has 0 amide bonds. The van der Waals surface area contributed by atoms with Gasteiger partial charge in [-0.25, -0.2) is 0 Å². The van der Waals surface area contributed by atoms with Crippen molar-refractivity contribution in [3.63, 3.8) is 0 Å². The number of hydrogen-bond acceptors (Lipinski definition) is 9. The van der Waals surface area contributed by atoms with Crippen LogP contribution in [0.25, 0.3) is 0 Å². The summed E-state index contributed by atoms with van der Waals surface area (Å²) in [5, 5.41) is 17.3. The highest BCUT2D eigenvalue weighted by Gasteiger charge is 2.46. The fourth-order valence-corrected chi connectivity index (χ4v) is 8.79. The van der Waals surface area contributed by atoms with Crippen molar-refractivity contribution in [1.82, 2.24) is 40.3 Å². The lowest BCUT2D eigenvalue weighted by Gasteiger charge is -2.47. The van der Waals surface area contributed by atoms with E-state index in [9.17, 15) is 0 Å². The molecular formula is C34H56N8OS. The Labute approximate surface area is 269 Å². The Balaban J connectivity index is 1.19. The summed E-state index contributed by atoms with van der Waals surface area (Å²) in [7, 11) is 0. The minimum absolute atomic E-state index is 0.129. The Morgan fingerprint density at radius 2 is 1.91 bits per heavy atom. The first-order valence-electron chi connectivity index (χ1n) is 17.2. The quantitative estimate of drug-likeness (QED) is 0.308. The smallest absolute Gasteiger partial charge is 0.232 e. The van der Waals surface area contributed by atoms with Gasteiger partial charge in [-0.15, -0.1) is 5.10 Å². The molecule has 4 N–H and O–H groups in total.